The topological polar surface area (TPSA) is 78.9 Å². The molecular formula is C69H126O6. The van der Waals surface area contributed by atoms with Gasteiger partial charge in [0.05, 0.1) is 0 Å². The molecule has 0 saturated carbocycles. The number of carbonyl (C=O) groups is 3. The average Bonchev–Trinajstić information content (AvgIpc) is 3.41. The average molecular weight is 1050 g/mol. The van der Waals surface area contributed by atoms with Gasteiger partial charge in [-0.25, -0.2) is 0 Å². The van der Waals surface area contributed by atoms with Gasteiger partial charge in [-0.2, -0.15) is 0 Å². The minimum atomic E-state index is -0.785. The highest BCUT2D eigenvalue weighted by molar-refractivity contribution is 5.71. The lowest BCUT2D eigenvalue weighted by Gasteiger charge is -2.18. The molecule has 0 rings (SSSR count). The summed E-state index contributed by atoms with van der Waals surface area (Å²) in [4.78, 5) is 38.4. The molecule has 0 aromatic carbocycles. The Morgan fingerprint density at radius 3 is 0.787 bits per heavy atom. The van der Waals surface area contributed by atoms with E-state index in [1.54, 1.807) is 0 Å². The smallest absolute Gasteiger partial charge is 0.306 e. The Labute approximate surface area is 467 Å². The van der Waals surface area contributed by atoms with E-state index in [4.69, 9.17) is 14.2 Å². The maximum atomic E-state index is 12.9. The molecule has 0 fully saturated rings. The van der Waals surface area contributed by atoms with Crippen molar-refractivity contribution < 1.29 is 28.6 Å². The van der Waals surface area contributed by atoms with Crippen molar-refractivity contribution >= 4 is 17.9 Å². The second-order valence-electron chi connectivity index (χ2n) is 22.4. The van der Waals surface area contributed by atoms with Gasteiger partial charge < -0.3 is 14.2 Å². The minimum Gasteiger partial charge on any atom is -0.462 e. The zero-order chi connectivity index (χ0) is 54.3. The first-order valence-corrected chi connectivity index (χ1v) is 33.1. The van der Waals surface area contributed by atoms with Crippen LogP contribution >= 0.6 is 0 Å². The summed E-state index contributed by atoms with van der Waals surface area (Å²) in [5.41, 5.74) is 0. The molecule has 0 aromatic heterocycles. The van der Waals surface area contributed by atoms with Gasteiger partial charge in [0, 0.05) is 19.3 Å². The van der Waals surface area contributed by atoms with Gasteiger partial charge in [-0.15, -0.1) is 0 Å². The van der Waals surface area contributed by atoms with Crippen LogP contribution < -0.4 is 0 Å². The molecule has 6 heteroatoms. The van der Waals surface area contributed by atoms with E-state index in [2.05, 4.69) is 69.4 Å². The van der Waals surface area contributed by atoms with Crippen molar-refractivity contribution in [3.63, 3.8) is 0 Å². The van der Waals surface area contributed by atoms with Crippen molar-refractivity contribution in [2.75, 3.05) is 13.2 Å². The maximum Gasteiger partial charge on any atom is 0.306 e. The SMILES string of the molecule is CCCCC/C=C\C/C=C\C/C=C\CCCCCCC(=O)O[C@H](COC(=O)CCCCCCCCCCC/C=C\CCCCCCCC)COC(=O)CCCCCCCCCCCCCCCCCCCCCCC. The Balaban J connectivity index is 4.35. The van der Waals surface area contributed by atoms with Crippen LogP contribution in [-0.4, -0.2) is 37.2 Å². The second-order valence-corrected chi connectivity index (χ2v) is 22.4. The lowest BCUT2D eigenvalue weighted by molar-refractivity contribution is -0.167. The summed E-state index contributed by atoms with van der Waals surface area (Å²) in [6.45, 7) is 6.65. The number of ether oxygens (including phenoxy) is 3. The molecule has 0 aromatic rings. The Bertz CT molecular complexity index is 1300. The lowest BCUT2D eigenvalue weighted by atomic mass is 10.0. The molecule has 0 radical (unpaired) electrons. The highest BCUT2D eigenvalue weighted by Gasteiger charge is 2.19. The Hall–Kier alpha value is -2.63. The van der Waals surface area contributed by atoms with Crippen LogP contribution in [0.2, 0.25) is 0 Å². The van der Waals surface area contributed by atoms with Crippen LogP contribution in [0.25, 0.3) is 0 Å². The Morgan fingerprint density at radius 1 is 0.267 bits per heavy atom. The summed E-state index contributed by atoms with van der Waals surface area (Å²) < 4.78 is 17.0. The summed E-state index contributed by atoms with van der Waals surface area (Å²) in [6, 6.07) is 0. The third-order valence-corrected chi connectivity index (χ3v) is 14.8. The van der Waals surface area contributed by atoms with Gasteiger partial charge in [-0.1, -0.05) is 301 Å². The van der Waals surface area contributed by atoms with E-state index in [0.29, 0.717) is 19.3 Å². The van der Waals surface area contributed by atoms with Gasteiger partial charge in [0.2, 0.25) is 0 Å². The molecule has 0 unspecified atom stereocenters. The highest BCUT2D eigenvalue weighted by atomic mass is 16.6. The fourth-order valence-corrected chi connectivity index (χ4v) is 9.80. The second kappa shape index (κ2) is 63.9. The molecule has 1 atom stereocenters. The molecule has 0 spiro atoms. The number of allylic oxidation sites excluding steroid dienone is 8. The minimum absolute atomic E-state index is 0.0790. The summed E-state index contributed by atoms with van der Waals surface area (Å²) in [7, 11) is 0. The summed E-state index contributed by atoms with van der Waals surface area (Å²) in [6.07, 6.45) is 79.7. The van der Waals surface area contributed by atoms with Gasteiger partial charge >= 0.3 is 17.9 Å². The molecule has 6 nitrogen and oxygen atoms in total. The van der Waals surface area contributed by atoms with Gasteiger partial charge in [0.1, 0.15) is 13.2 Å². The quantitative estimate of drug-likeness (QED) is 0.0261. The van der Waals surface area contributed by atoms with Gasteiger partial charge in [0.25, 0.3) is 0 Å². The van der Waals surface area contributed by atoms with E-state index < -0.39 is 6.10 Å². The molecule has 438 valence electrons. The number of hydrogen-bond donors (Lipinski definition) is 0. The fourth-order valence-electron chi connectivity index (χ4n) is 9.80. The lowest BCUT2D eigenvalue weighted by Crippen LogP contribution is -2.30. The van der Waals surface area contributed by atoms with Crippen LogP contribution in [0.1, 0.15) is 355 Å². The Morgan fingerprint density at radius 2 is 0.480 bits per heavy atom. The molecule has 0 aliphatic carbocycles. The summed E-state index contributed by atoms with van der Waals surface area (Å²) in [5.74, 6) is -0.880. The van der Waals surface area contributed by atoms with Gasteiger partial charge in [0.15, 0.2) is 6.10 Å². The van der Waals surface area contributed by atoms with Crippen molar-refractivity contribution in [1.82, 2.24) is 0 Å². The van der Waals surface area contributed by atoms with Crippen molar-refractivity contribution in [2.45, 2.75) is 361 Å². The number of esters is 3. The molecule has 0 bridgehead atoms. The monoisotopic (exact) mass is 1050 g/mol. The standard InChI is InChI=1S/C69H126O6/c1-4-7-10-13-16-19-22-25-28-31-33-34-36-39-41-44-47-50-53-56-59-62-68(71)74-65-66(75-69(72)63-60-57-54-51-48-45-42-37-30-27-24-21-18-15-12-9-6-3)64-73-67(70)61-58-55-52-49-46-43-40-38-35-32-29-26-23-20-17-14-11-8-5-2/h18,21,26-27,29-30,42,45,66H,4-17,19-20,22-25,28,31-41,43-44,46-65H2,1-3H3/b21-18-,29-26-,30-27-,45-42-/t66-/m1/s1. The number of hydrogen-bond acceptors (Lipinski definition) is 6. The first kappa shape index (κ1) is 72.4. The number of carbonyl (C=O) groups excluding carboxylic acids is 3. The van der Waals surface area contributed by atoms with E-state index in [0.717, 1.165) is 83.5 Å². The molecule has 0 heterocycles. The molecular weight excluding hydrogens is 925 g/mol. The number of unbranched alkanes of at least 4 members (excludes halogenated alkanes) is 42. The molecule has 0 amide bonds. The van der Waals surface area contributed by atoms with E-state index in [1.165, 1.54) is 231 Å². The molecule has 75 heavy (non-hydrogen) atoms. The maximum absolute atomic E-state index is 12.9. The van der Waals surface area contributed by atoms with E-state index in [9.17, 15) is 14.4 Å². The summed E-state index contributed by atoms with van der Waals surface area (Å²) in [5, 5.41) is 0. The van der Waals surface area contributed by atoms with E-state index >= 15 is 0 Å². The highest BCUT2D eigenvalue weighted by Crippen LogP contribution is 2.17. The van der Waals surface area contributed by atoms with Crippen molar-refractivity contribution in [2.24, 2.45) is 0 Å². The molecule has 0 saturated heterocycles. The molecule has 0 aliphatic heterocycles. The number of rotatable bonds is 61. The Kier molecular flexibility index (Phi) is 61.7. The zero-order valence-electron chi connectivity index (χ0n) is 50.3. The van der Waals surface area contributed by atoms with Crippen molar-refractivity contribution in [1.29, 1.82) is 0 Å². The van der Waals surface area contributed by atoms with Crippen LogP contribution in [0.5, 0.6) is 0 Å². The first-order valence-electron chi connectivity index (χ1n) is 33.1. The first-order chi connectivity index (χ1) is 37.0. The molecule has 0 aliphatic rings. The molecule has 0 N–H and O–H groups in total. The predicted octanol–water partition coefficient (Wildman–Crippen LogP) is 22.6. The van der Waals surface area contributed by atoms with Crippen LogP contribution in [0.3, 0.4) is 0 Å². The van der Waals surface area contributed by atoms with Crippen LogP contribution in [0, 0.1) is 0 Å². The van der Waals surface area contributed by atoms with Crippen molar-refractivity contribution in [3.8, 4) is 0 Å². The van der Waals surface area contributed by atoms with Crippen LogP contribution in [0.4, 0.5) is 0 Å². The van der Waals surface area contributed by atoms with Gasteiger partial charge in [-0.3, -0.25) is 14.4 Å². The van der Waals surface area contributed by atoms with Crippen molar-refractivity contribution in [3.05, 3.63) is 48.6 Å². The van der Waals surface area contributed by atoms with Gasteiger partial charge in [-0.05, 0) is 83.5 Å². The third kappa shape index (κ3) is 62.1. The predicted molar refractivity (Wildman–Crippen MR) is 325 cm³/mol. The zero-order valence-corrected chi connectivity index (χ0v) is 50.3. The van der Waals surface area contributed by atoms with E-state index in [1.807, 2.05) is 0 Å². The largest absolute Gasteiger partial charge is 0.462 e. The normalized spacial score (nSPS) is 12.3. The third-order valence-electron chi connectivity index (χ3n) is 14.8. The van der Waals surface area contributed by atoms with Crippen LogP contribution in [-0.2, 0) is 28.6 Å². The fraction of sp³-hybridized carbons (Fsp3) is 0.841. The van der Waals surface area contributed by atoms with Crippen LogP contribution in [0.15, 0.2) is 48.6 Å². The summed E-state index contributed by atoms with van der Waals surface area (Å²) >= 11 is 0. The van der Waals surface area contributed by atoms with E-state index in [-0.39, 0.29) is 31.1 Å².